The molecule has 4 rings (SSSR count). The summed E-state index contributed by atoms with van der Waals surface area (Å²) >= 11 is 0. The predicted molar refractivity (Wildman–Crippen MR) is 81.2 cm³/mol. The lowest BCUT2D eigenvalue weighted by molar-refractivity contribution is -0.670. The van der Waals surface area contributed by atoms with Crippen LogP contribution in [0.1, 0.15) is 11.1 Å². The number of nitrogens with zero attached hydrogens (tertiary/aromatic N) is 1. The highest BCUT2D eigenvalue weighted by molar-refractivity contribution is 5.92. The number of benzene rings is 2. The van der Waals surface area contributed by atoms with Crippen molar-refractivity contribution in [2.75, 3.05) is 0 Å². The summed E-state index contributed by atoms with van der Waals surface area (Å²) in [6.07, 6.45) is 4.18. The van der Waals surface area contributed by atoms with Crippen molar-refractivity contribution in [3.63, 3.8) is 0 Å². The maximum Gasteiger partial charge on any atom is 0.176 e. The van der Waals surface area contributed by atoms with Crippen LogP contribution in [-0.4, -0.2) is 0 Å². The van der Waals surface area contributed by atoms with Crippen LogP contribution in [0.25, 0.3) is 10.8 Å². The Balaban J connectivity index is 2.04. The molecule has 2 aromatic carbocycles. The van der Waals surface area contributed by atoms with Crippen molar-refractivity contribution < 1.29 is 14.0 Å². The average Bonchev–Trinajstić information content (AvgIpc) is 2.51. The molecule has 0 aliphatic carbocycles. The summed E-state index contributed by atoms with van der Waals surface area (Å²) in [5, 5.41) is 2.39. The van der Waals surface area contributed by atoms with Crippen molar-refractivity contribution in [1.82, 2.24) is 0 Å². The molecule has 3 aromatic rings. The van der Waals surface area contributed by atoms with Gasteiger partial charge in [0.25, 0.3) is 0 Å². The second kappa shape index (κ2) is 4.22. The van der Waals surface area contributed by atoms with Gasteiger partial charge in [-0.05, 0) is 26.0 Å². The number of pyridine rings is 1. The molecule has 0 atom stereocenters. The fourth-order valence-electron chi connectivity index (χ4n) is 2.89. The summed E-state index contributed by atoms with van der Waals surface area (Å²) in [7, 11) is 2.03. The molecule has 104 valence electrons. The number of rotatable bonds is 0. The normalized spacial score (nSPS) is 12.3. The molecule has 1 aliphatic rings. The molecule has 3 nitrogen and oxygen atoms in total. The number of aryl methyl sites for hydroxylation is 3. The van der Waals surface area contributed by atoms with Gasteiger partial charge in [-0.25, -0.2) is 4.57 Å². The Hall–Kier alpha value is -2.55. The largest absolute Gasteiger partial charge is 0.449 e. The topological polar surface area (TPSA) is 22.3 Å². The first-order valence-electron chi connectivity index (χ1n) is 7.02. The Morgan fingerprint density at radius 2 is 1.38 bits per heavy atom. The molecule has 3 heteroatoms. The maximum absolute atomic E-state index is 6.10. The summed E-state index contributed by atoms with van der Waals surface area (Å²) in [4.78, 5) is 0. The zero-order chi connectivity index (χ0) is 14.6. The number of fused-ring (bicyclic) bond motifs is 3. The monoisotopic (exact) mass is 278 g/mol. The van der Waals surface area contributed by atoms with Gasteiger partial charge < -0.3 is 9.47 Å². The Morgan fingerprint density at radius 3 is 2.00 bits per heavy atom. The number of para-hydroxylation sites is 2. The van der Waals surface area contributed by atoms with Crippen LogP contribution in [0.15, 0.2) is 42.7 Å². The van der Waals surface area contributed by atoms with Crippen LogP contribution in [0.2, 0.25) is 0 Å². The van der Waals surface area contributed by atoms with E-state index in [1.54, 1.807) is 0 Å². The van der Waals surface area contributed by atoms with Crippen molar-refractivity contribution in [1.29, 1.82) is 0 Å². The second-order valence-electron chi connectivity index (χ2n) is 5.50. The Bertz CT molecular complexity index is 884. The zero-order valence-corrected chi connectivity index (χ0v) is 12.3. The van der Waals surface area contributed by atoms with Gasteiger partial charge in [-0.15, -0.1) is 0 Å². The van der Waals surface area contributed by atoms with Gasteiger partial charge in [-0.2, -0.15) is 0 Å². The first-order valence-corrected chi connectivity index (χ1v) is 7.02. The molecule has 0 unspecified atom stereocenters. The summed E-state index contributed by atoms with van der Waals surface area (Å²) in [6.45, 7) is 4.16. The smallest absolute Gasteiger partial charge is 0.176 e. The van der Waals surface area contributed by atoms with E-state index in [1.807, 2.05) is 31.3 Å². The minimum Gasteiger partial charge on any atom is -0.449 e. The molecule has 21 heavy (non-hydrogen) atoms. The molecule has 0 saturated carbocycles. The highest BCUT2D eigenvalue weighted by Gasteiger charge is 2.25. The fraction of sp³-hybridized carbons (Fsp3) is 0.167. The summed E-state index contributed by atoms with van der Waals surface area (Å²) in [5.74, 6) is 3.19. The molecule has 0 saturated heterocycles. The van der Waals surface area contributed by atoms with Crippen LogP contribution < -0.4 is 14.0 Å². The highest BCUT2D eigenvalue weighted by Crippen LogP contribution is 2.50. The molecule has 0 radical (unpaired) electrons. The van der Waals surface area contributed by atoms with E-state index in [1.165, 1.54) is 10.8 Å². The third-order valence-corrected chi connectivity index (χ3v) is 4.07. The van der Waals surface area contributed by atoms with E-state index in [0.717, 1.165) is 34.1 Å². The van der Waals surface area contributed by atoms with E-state index < -0.39 is 0 Å². The molecule has 0 N–H and O–H groups in total. The molecule has 0 spiro atoms. The predicted octanol–water partition coefficient (Wildman–Crippen LogP) is 4.18. The Labute approximate surface area is 123 Å². The van der Waals surface area contributed by atoms with Crippen molar-refractivity contribution in [3.05, 3.63) is 53.9 Å². The molecule has 0 fully saturated rings. The quantitative estimate of drug-likeness (QED) is 0.450. The van der Waals surface area contributed by atoms with Gasteiger partial charge in [-0.3, -0.25) is 0 Å². The first-order chi connectivity index (χ1) is 10.1. The fourth-order valence-corrected chi connectivity index (χ4v) is 2.89. The van der Waals surface area contributed by atoms with E-state index >= 15 is 0 Å². The van der Waals surface area contributed by atoms with E-state index in [0.29, 0.717) is 0 Å². The van der Waals surface area contributed by atoms with Crippen molar-refractivity contribution in [2.24, 2.45) is 7.05 Å². The highest BCUT2D eigenvalue weighted by atomic mass is 16.6. The van der Waals surface area contributed by atoms with Crippen LogP contribution in [0, 0.1) is 13.8 Å². The van der Waals surface area contributed by atoms with Crippen LogP contribution in [0.3, 0.4) is 0 Å². The summed E-state index contributed by atoms with van der Waals surface area (Å²) in [5.41, 5.74) is 2.22. The molecular formula is C18H16NO2+. The minimum absolute atomic E-state index is 0.771. The van der Waals surface area contributed by atoms with Crippen molar-refractivity contribution >= 4 is 10.8 Å². The lowest BCUT2D eigenvalue weighted by Crippen LogP contribution is -2.26. The number of hydrogen-bond acceptors (Lipinski definition) is 2. The van der Waals surface area contributed by atoms with Crippen LogP contribution in [0.5, 0.6) is 23.0 Å². The lowest BCUT2D eigenvalue weighted by Gasteiger charge is -2.24. The zero-order valence-electron chi connectivity index (χ0n) is 12.3. The molecule has 0 bridgehead atoms. The van der Waals surface area contributed by atoms with Crippen LogP contribution >= 0.6 is 0 Å². The number of ether oxygens (including phenoxy) is 2. The Kier molecular flexibility index (Phi) is 2.45. The van der Waals surface area contributed by atoms with Crippen LogP contribution in [0.4, 0.5) is 0 Å². The molecule has 1 aliphatic heterocycles. The van der Waals surface area contributed by atoms with Crippen LogP contribution in [-0.2, 0) is 7.05 Å². The molecule has 2 heterocycles. The van der Waals surface area contributed by atoms with Crippen molar-refractivity contribution in [2.45, 2.75) is 13.8 Å². The standard InChI is InChI=1S/C18H16NO2/c1-11-13-8-9-19(3)10-14(13)12(2)18-17(11)20-15-6-4-5-7-16(15)21-18/h4-10H,1-3H3/q+1. The van der Waals surface area contributed by atoms with E-state index in [4.69, 9.17) is 9.47 Å². The second-order valence-corrected chi connectivity index (χ2v) is 5.50. The number of hydrogen-bond donors (Lipinski definition) is 0. The number of aromatic nitrogens is 1. The van der Waals surface area contributed by atoms with Gasteiger partial charge in [0, 0.05) is 22.6 Å². The third kappa shape index (κ3) is 1.70. The van der Waals surface area contributed by atoms with E-state index in [2.05, 4.69) is 36.9 Å². The van der Waals surface area contributed by atoms with Gasteiger partial charge >= 0.3 is 0 Å². The summed E-state index contributed by atoms with van der Waals surface area (Å²) < 4.78 is 14.3. The Morgan fingerprint density at radius 1 is 0.810 bits per heavy atom. The van der Waals surface area contributed by atoms with Gasteiger partial charge in [0.05, 0.1) is 5.39 Å². The van der Waals surface area contributed by atoms with Gasteiger partial charge in [0.2, 0.25) is 0 Å². The minimum atomic E-state index is 0.771. The van der Waals surface area contributed by atoms with Gasteiger partial charge in [0.15, 0.2) is 35.4 Å². The summed E-state index contributed by atoms with van der Waals surface area (Å²) in [6, 6.07) is 9.90. The third-order valence-electron chi connectivity index (χ3n) is 4.07. The average molecular weight is 278 g/mol. The SMILES string of the molecule is Cc1c2c(c(C)c3c[n+](C)ccc13)Oc1ccccc1O2. The van der Waals surface area contributed by atoms with E-state index in [9.17, 15) is 0 Å². The lowest BCUT2D eigenvalue weighted by atomic mass is 10.00. The van der Waals surface area contributed by atoms with Gasteiger partial charge in [0.1, 0.15) is 7.05 Å². The molecule has 1 aromatic heterocycles. The van der Waals surface area contributed by atoms with Gasteiger partial charge in [-0.1, -0.05) is 12.1 Å². The molecular weight excluding hydrogens is 262 g/mol. The van der Waals surface area contributed by atoms with E-state index in [-0.39, 0.29) is 0 Å². The molecule has 0 amide bonds. The first kappa shape index (κ1) is 12.2. The maximum atomic E-state index is 6.10. The van der Waals surface area contributed by atoms with Crippen molar-refractivity contribution in [3.8, 4) is 23.0 Å².